The van der Waals surface area contributed by atoms with Gasteiger partial charge in [0.25, 0.3) is 5.56 Å². The first kappa shape index (κ1) is 18.6. The van der Waals surface area contributed by atoms with E-state index < -0.39 is 0 Å². The summed E-state index contributed by atoms with van der Waals surface area (Å²) >= 11 is 6.04. The Morgan fingerprint density at radius 1 is 1.29 bits per heavy atom. The number of nitrogens with zero attached hydrogens (tertiary/aromatic N) is 5. The fourth-order valence-corrected chi connectivity index (χ4v) is 3.67. The first-order chi connectivity index (χ1) is 13.4. The average Bonchev–Trinajstić information content (AvgIpc) is 3.08. The highest BCUT2D eigenvalue weighted by atomic mass is 35.5. The standard InChI is InChI=1S/C19H20ClN5O3/c1-12-8-23(9-13(2)28-12)17(26)10-24-11-21-18-16(19(24)27)7-22-25(18)15-5-3-4-14(20)6-15/h3-7,11-13H,8-10H2,1-2H3/t12-,13+. The van der Waals surface area contributed by atoms with Crippen molar-refractivity contribution in [3.05, 3.63) is 52.2 Å². The summed E-state index contributed by atoms with van der Waals surface area (Å²) in [5, 5.41) is 5.18. The van der Waals surface area contributed by atoms with Crippen LogP contribution in [0.3, 0.4) is 0 Å². The normalized spacial score (nSPS) is 19.9. The summed E-state index contributed by atoms with van der Waals surface area (Å²) < 4.78 is 8.53. The second-order valence-electron chi connectivity index (χ2n) is 7.01. The van der Waals surface area contributed by atoms with Gasteiger partial charge in [-0.05, 0) is 32.0 Å². The molecule has 0 N–H and O–H groups in total. The first-order valence-electron chi connectivity index (χ1n) is 9.04. The van der Waals surface area contributed by atoms with E-state index in [9.17, 15) is 9.59 Å². The zero-order valence-electron chi connectivity index (χ0n) is 15.6. The lowest BCUT2D eigenvalue weighted by Crippen LogP contribution is -2.49. The van der Waals surface area contributed by atoms with Gasteiger partial charge in [0.15, 0.2) is 5.65 Å². The van der Waals surface area contributed by atoms with Gasteiger partial charge in [-0.15, -0.1) is 0 Å². The van der Waals surface area contributed by atoms with Gasteiger partial charge in [0.05, 0.1) is 24.1 Å². The molecular weight excluding hydrogens is 382 g/mol. The van der Waals surface area contributed by atoms with Crippen molar-refractivity contribution in [1.82, 2.24) is 24.2 Å². The van der Waals surface area contributed by atoms with E-state index >= 15 is 0 Å². The molecule has 0 spiro atoms. The molecule has 2 atom stereocenters. The number of fused-ring (bicyclic) bond motifs is 1. The molecule has 3 heterocycles. The van der Waals surface area contributed by atoms with Crippen LogP contribution in [0.1, 0.15) is 13.8 Å². The quantitative estimate of drug-likeness (QED) is 0.669. The lowest BCUT2D eigenvalue weighted by molar-refractivity contribution is -0.143. The number of carbonyl (C=O) groups is 1. The number of hydrogen-bond donors (Lipinski definition) is 0. The highest BCUT2D eigenvalue weighted by Gasteiger charge is 2.26. The highest BCUT2D eigenvalue weighted by molar-refractivity contribution is 6.30. The van der Waals surface area contributed by atoms with E-state index in [1.807, 2.05) is 19.9 Å². The summed E-state index contributed by atoms with van der Waals surface area (Å²) in [6.07, 6.45) is 2.80. The largest absolute Gasteiger partial charge is 0.372 e. The molecule has 9 heteroatoms. The Labute approximate surface area is 166 Å². The van der Waals surface area contributed by atoms with Crippen LogP contribution in [0, 0.1) is 0 Å². The van der Waals surface area contributed by atoms with Crippen molar-refractivity contribution >= 4 is 28.5 Å². The van der Waals surface area contributed by atoms with Crippen molar-refractivity contribution in [2.75, 3.05) is 13.1 Å². The van der Waals surface area contributed by atoms with Crippen molar-refractivity contribution in [3.8, 4) is 5.69 Å². The van der Waals surface area contributed by atoms with Crippen LogP contribution in [0.15, 0.2) is 41.6 Å². The third kappa shape index (κ3) is 3.53. The smallest absolute Gasteiger partial charge is 0.264 e. The molecule has 1 aliphatic rings. The number of rotatable bonds is 3. The topological polar surface area (TPSA) is 82.3 Å². The zero-order chi connectivity index (χ0) is 19.8. The van der Waals surface area contributed by atoms with Gasteiger partial charge in [-0.2, -0.15) is 5.10 Å². The highest BCUT2D eigenvalue weighted by Crippen LogP contribution is 2.17. The summed E-state index contributed by atoms with van der Waals surface area (Å²) in [7, 11) is 0. The molecule has 0 unspecified atom stereocenters. The van der Waals surface area contributed by atoms with Crippen molar-refractivity contribution in [1.29, 1.82) is 0 Å². The van der Waals surface area contributed by atoms with E-state index in [0.29, 0.717) is 34.8 Å². The van der Waals surface area contributed by atoms with E-state index in [4.69, 9.17) is 16.3 Å². The molecule has 0 bridgehead atoms. The maximum absolute atomic E-state index is 12.8. The molecule has 1 aliphatic heterocycles. The second kappa shape index (κ2) is 7.37. The number of amides is 1. The third-order valence-corrected chi connectivity index (χ3v) is 4.92. The van der Waals surface area contributed by atoms with Gasteiger partial charge in [-0.1, -0.05) is 17.7 Å². The molecule has 1 amide bonds. The Morgan fingerprint density at radius 2 is 2.04 bits per heavy atom. The molecule has 28 heavy (non-hydrogen) atoms. The SMILES string of the molecule is C[C@@H]1CN(C(=O)Cn2cnc3c(cnn3-c3cccc(Cl)c3)c2=O)C[C@H](C)O1. The van der Waals surface area contributed by atoms with E-state index in [2.05, 4.69) is 10.1 Å². The fourth-order valence-electron chi connectivity index (χ4n) is 3.49. The average molecular weight is 402 g/mol. The van der Waals surface area contributed by atoms with E-state index in [0.717, 1.165) is 0 Å². The van der Waals surface area contributed by atoms with Crippen molar-refractivity contribution in [2.45, 2.75) is 32.6 Å². The van der Waals surface area contributed by atoms with Gasteiger partial charge in [0.1, 0.15) is 18.3 Å². The molecule has 4 rings (SSSR count). The van der Waals surface area contributed by atoms with Gasteiger partial charge < -0.3 is 9.64 Å². The maximum Gasteiger partial charge on any atom is 0.264 e. The molecule has 146 valence electrons. The Morgan fingerprint density at radius 3 is 2.75 bits per heavy atom. The Hall–Kier alpha value is -2.71. The van der Waals surface area contributed by atoms with Crippen LogP contribution in [0.5, 0.6) is 0 Å². The van der Waals surface area contributed by atoms with Crippen LogP contribution in [-0.4, -0.2) is 55.4 Å². The summed E-state index contributed by atoms with van der Waals surface area (Å²) in [5.41, 5.74) is 0.824. The minimum absolute atomic E-state index is 0.0269. The summed E-state index contributed by atoms with van der Waals surface area (Å²) in [6, 6.07) is 7.13. The lowest BCUT2D eigenvalue weighted by atomic mass is 10.2. The van der Waals surface area contributed by atoms with Gasteiger partial charge >= 0.3 is 0 Å². The predicted octanol–water partition coefficient (Wildman–Crippen LogP) is 1.87. The van der Waals surface area contributed by atoms with Crippen molar-refractivity contribution in [2.24, 2.45) is 0 Å². The van der Waals surface area contributed by atoms with Crippen LogP contribution >= 0.6 is 11.6 Å². The number of benzene rings is 1. The molecule has 0 saturated carbocycles. The fraction of sp³-hybridized carbons (Fsp3) is 0.368. The van der Waals surface area contributed by atoms with Crippen molar-refractivity contribution in [3.63, 3.8) is 0 Å². The summed E-state index contributed by atoms with van der Waals surface area (Å²) in [4.78, 5) is 31.6. The number of carbonyl (C=O) groups excluding carboxylic acids is 1. The molecule has 1 saturated heterocycles. The Kier molecular flexibility index (Phi) is 4.91. The molecule has 3 aromatic rings. The molecule has 0 radical (unpaired) electrons. The molecule has 8 nitrogen and oxygen atoms in total. The zero-order valence-corrected chi connectivity index (χ0v) is 16.3. The maximum atomic E-state index is 12.8. The van der Waals surface area contributed by atoms with E-state index in [1.54, 1.807) is 27.8 Å². The summed E-state index contributed by atoms with van der Waals surface area (Å²) in [6.45, 7) is 4.82. The third-order valence-electron chi connectivity index (χ3n) is 4.69. The Bertz CT molecular complexity index is 1080. The van der Waals surface area contributed by atoms with Crippen LogP contribution in [0.4, 0.5) is 0 Å². The van der Waals surface area contributed by atoms with E-state index in [1.165, 1.54) is 17.1 Å². The van der Waals surface area contributed by atoms with Crippen LogP contribution in [0.25, 0.3) is 16.7 Å². The van der Waals surface area contributed by atoms with Crippen LogP contribution in [0.2, 0.25) is 5.02 Å². The van der Waals surface area contributed by atoms with Crippen LogP contribution in [-0.2, 0) is 16.1 Å². The van der Waals surface area contributed by atoms with Gasteiger partial charge in [-0.25, -0.2) is 9.67 Å². The van der Waals surface area contributed by atoms with Gasteiger partial charge in [-0.3, -0.25) is 14.2 Å². The molecule has 0 aliphatic carbocycles. The number of morpholine rings is 1. The van der Waals surface area contributed by atoms with Crippen molar-refractivity contribution < 1.29 is 9.53 Å². The molecule has 2 aromatic heterocycles. The van der Waals surface area contributed by atoms with Gasteiger partial charge in [0.2, 0.25) is 5.91 Å². The van der Waals surface area contributed by atoms with E-state index in [-0.39, 0.29) is 30.2 Å². The molecule has 1 fully saturated rings. The summed E-state index contributed by atoms with van der Waals surface area (Å²) in [5.74, 6) is -0.132. The minimum atomic E-state index is -0.305. The number of aromatic nitrogens is 4. The number of halogens is 1. The Balaban J connectivity index is 1.62. The second-order valence-corrected chi connectivity index (χ2v) is 7.44. The van der Waals surface area contributed by atoms with Gasteiger partial charge in [0, 0.05) is 18.1 Å². The lowest BCUT2D eigenvalue weighted by Gasteiger charge is -2.35. The monoisotopic (exact) mass is 401 g/mol. The first-order valence-corrected chi connectivity index (χ1v) is 9.42. The minimum Gasteiger partial charge on any atom is -0.372 e. The number of ether oxygens (including phenoxy) is 1. The predicted molar refractivity (Wildman–Crippen MR) is 105 cm³/mol. The number of hydrogen-bond acceptors (Lipinski definition) is 5. The molecule has 1 aromatic carbocycles. The van der Waals surface area contributed by atoms with Crippen LogP contribution < -0.4 is 5.56 Å². The molecular formula is C19H20ClN5O3.